The molecule has 0 fully saturated rings. The number of aromatic carboxylic acids is 1. The highest BCUT2D eigenvalue weighted by Crippen LogP contribution is 2.37. The minimum absolute atomic E-state index is 0.135. The lowest BCUT2D eigenvalue weighted by Crippen LogP contribution is -2.43. The Morgan fingerprint density at radius 2 is 2.03 bits per heavy atom. The lowest BCUT2D eigenvalue weighted by atomic mass is 9.95. The van der Waals surface area contributed by atoms with Crippen LogP contribution in [0.5, 0.6) is 0 Å². The zero-order valence-electron chi connectivity index (χ0n) is 16.7. The smallest absolute Gasteiger partial charge is 0.335 e. The molecule has 0 unspecified atom stereocenters. The maximum atomic E-state index is 11.9. The van der Waals surface area contributed by atoms with Gasteiger partial charge in [-0.25, -0.2) is 14.6 Å². The Kier molecular flexibility index (Phi) is 5.57. The molecule has 0 atom stereocenters. The van der Waals surface area contributed by atoms with Crippen LogP contribution in [0.3, 0.4) is 0 Å². The number of aromatic nitrogens is 2. The Hall–Kier alpha value is -4.27. The van der Waals surface area contributed by atoms with Crippen molar-refractivity contribution in [2.24, 2.45) is 4.99 Å². The highest BCUT2D eigenvalue weighted by atomic mass is 16.4. The zero-order valence-corrected chi connectivity index (χ0v) is 16.7. The maximum Gasteiger partial charge on any atom is 0.335 e. The molecule has 2 aromatic heterocycles. The minimum Gasteiger partial charge on any atom is -0.478 e. The molecule has 3 aromatic rings. The fourth-order valence-corrected chi connectivity index (χ4v) is 3.29. The van der Waals surface area contributed by atoms with Gasteiger partial charge in [-0.05, 0) is 48.4 Å². The largest absolute Gasteiger partial charge is 0.478 e. The summed E-state index contributed by atoms with van der Waals surface area (Å²) in [7, 11) is 0. The van der Waals surface area contributed by atoms with Gasteiger partial charge in [0.05, 0.1) is 23.5 Å². The standard InChI is InChI=1S/C22H20N6O3/c1-2-24-22(31)28-21-26-12-16-8-15(14-4-3-6-23-11-14)9-17(19(16)27-21)18-10-13(20(29)30)5-7-25-18/h3-11H,2,12H2,1H3,(H,29,30)(H3,24,26,27,28,31). The lowest BCUT2D eigenvalue weighted by Gasteiger charge is -2.23. The molecule has 1 aliphatic heterocycles. The number of nitrogens with zero attached hydrogens (tertiary/aromatic N) is 3. The lowest BCUT2D eigenvalue weighted by molar-refractivity contribution is 0.0696. The van der Waals surface area contributed by atoms with Crippen molar-refractivity contribution in [3.8, 4) is 22.4 Å². The van der Waals surface area contributed by atoms with Crippen molar-refractivity contribution in [2.45, 2.75) is 13.5 Å². The van der Waals surface area contributed by atoms with Crippen molar-refractivity contribution in [3.05, 3.63) is 66.1 Å². The molecule has 4 rings (SSSR count). The summed E-state index contributed by atoms with van der Waals surface area (Å²) in [5, 5.41) is 17.9. The molecule has 0 saturated carbocycles. The number of carboxylic acids is 1. The third-order valence-corrected chi connectivity index (χ3v) is 4.72. The summed E-state index contributed by atoms with van der Waals surface area (Å²) in [6.45, 7) is 2.65. The first-order chi connectivity index (χ1) is 15.0. The van der Waals surface area contributed by atoms with E-state index in [0.29, 0.717) is 36.0 Å². The number of nitrogens with one attached hydrogen (secondary N) is 3. The van der Waals surface area contributed by atoms with Crippen molar-refractivity contribution in [2.75, 3.05) is 11.9 Å². The molecule has 0 aliphatic carbocycles. The fraction of sp³-hybridized carbons (Fsp3) is 0.136. The van der Waals surface area contributed by atoms with E-state index in [1.54, 1.807) is 12.4 Å². The summed E-state index contributed by atoms with van der Waals surface area (Å²) < 4.78 is 0. The quantitative estimate of drug-likeness (QED) is 0.517. The molecule has 31 heavy (non-hydrogen) atoms. The summed E-state index contributed by atoms with van der Waals surface area (Å²) in [6.07, 6.45) is 4.92. The van der Waals surface area contributed by atoms with E-state index in [-0.39, 0.29) is 11.6 Å². The van der Waals surface area contributed by atoms with Crippen molar-refractivity contribution < 1.29 is 14.7 Å². The Bertz CT molecular complexity index is 1180. The molecule has 1 aliphatic rings. The van der Waals surface area contributed by atoms with Crippen molar-refractivity contribution >= 4 is 23.6 Å². The predicted molar refractivity (Wildman–Crippen MR) is 117 cm³/mol. The van der Waals surface area contributed by atoms with Crippen LogP contribution in [-0.2, 0) is 6.54 Å². The molecule has 9 heteroatoms. The number of guanidine groups is 1. The van der Waals surface area contributed by atoms with E-state index in [9.17, 15) is 14.7 Å². The molecule has 0 spiro atoms. The highest BCUT2D eigenvalue weighted by molar-refractivity contribution is 6.07. The van der Waals surface area contributed by atoms with Gasteiger partial charge >= 0.3 is 12.0 Å². The molecule has 156 valence electrons. The van der Waals surface area contributed by atoms with Crippen molar-refractivity contribution in [1.29, 1.82) is 0 Å². The number of carbonyl (C=O) groups excluding carboxylic acids is 1. The van der Waals surface area contributed by atoms with Crippen molar-refractivity contribution in [1.82, 2.24) is 20.6 Å². The van der Waals surface area contributed by atoms with Crippen LogP contribution in [0.25, 0.3) is 22.4 Å². The van der Waals surface area contributed by atoms with E-state index >= 15 is 0 Å². The number of fused-ring (bicyclic) bond motifs is 1. The third-order valence-electron chi connectivity index (χ3n) is 4.72. The van der Waals surface area contributed by atoms with E-state index in [1.165, 1.54) is 18.3 Å². The second-order valence-electron chi connectivity index (χ2n) is 6.81. The Balaban J connectivity index is 1.80. The summed E-state index contributed by atoms with van der Waals surface area (Å²) in [5.74, 6) is -0.725. The maximum absolute atomic E-state index is 11.9. The number of pyridine rings is 2. The third kappa shape index (κ3) is 4.35. The van der Waals surface area contributed by atoms with E-state index in [1.807, 2.05) is 31.2 Å². The fourth-order valence-electron chi connectivity index (χ4n) is 3.29. The molecule has 0 saturated heterocycles. The first-order valence-corrected chi connectivity index (χ1v) is 9.68. The minimum atomic E-state index is -1.03. The van der Waals surface area contributed by atoms with Crippen LogP contribution in [0.1, 0.15) is 22.8 Å². The van der Waals surface area contributed by atoms with Crippen LogP contribution < -0.4 is 16.0 Å². The highest BCUT2D eigenvalue weighted by Gasteiger charge is 2.21. The second-order valence-corrected chi connectivity index (χ2v) is 6.81. The molecule has 1 aromatic carbocycles. The molecule has 3 heterocycles. The van der Waals surface area contributed by atoms with Crippen LogP contribution >= 0.6 is 0 Å². The van der Waals surface area contributed by atoms with E-state index in [2.05, 4.69) is 30.9 Å². The van der Waals surface area contributed by atoms with E-state index < -0.39 is 5.97 Å². The van der Waals surface area contributed by atoms with Crippen LogP contribution in [-0.4, -0.2) is 39.6 Å². The number of carbonyl (C=O) groups is 2. The van der Waals surface area contributed by atoms with Crippen LogP contribution in [0.4, 0.5) is 10.5 Å². The van der Waals surface area contributed by atoms with Crippen molar-refractivity contribution in [3.63, 3.8) is 0 Å². The van der Waals surface area contributed by atoms with Crippen LogP contribution in [0.15, 0.2) is 60.0 Å². The number of hydrogen-bond donors (Lipinski definition) is 4. The first kappa shape index (κ1) is 20.0. The van der Waals surface area contributed by atoms with E-state index in [4.69, 9.17) is 0 Å². The topological polar surface area (TPSA) is 129 Å². The number of benzene rings is 1. The first-order valence-electron chi connectivity index (χ1n) is 9.68. The molecule has 2 amide bonds. The van der Waals surface area contributed by atoms with Gasteiger partial charge in [-0.15, -0.1) is 0 Å². The predicted octanol–water partition coefficient (Wildman–Crippen LogP) is 3.11. The Morgan fingerprint density at radius 3 is 2.77 bits per heavy atom. The van der Waals surface area contributed by atoms with Gasteiger partial charge in [0.1, 0.15) is 0 Å². The number of urea groups is 1. The number of anilines is 1. The second kappa shape index (κ2) is 8.62. The number of amides is 2. The summed E-state index contributed by atoms with van der Waals surface area (Å²) in [4.78, 5) is 36.4. The monoisotopic (exact) mass is 416 g/mol. The number of carboxylic acid groups (broad SMARTS) is 1. The Labute approximate surface area is 178 Å². The number of aliphatic imine (C=N–C) groups is 1. The number of hydrogen-bond acceptors (Lipinski definition) is 6. The van der Waals surface area contributed by atoms with Gasteiger partial charge in [0.2, 0.25) is 5.96 Å². The zero-order chi connectivity index (χ0) is 21.8. The van der Waals surface area contributed by atoms with Gasteiger partial charge in [-0.1, -0.05) is 6.07 Å². The van der Waals surface area contributed by atoms with Gasteiger partial charge in [-0.2, -0.15) is 0 Å². The van der Waals surface area contributed by atoms with E-state index in [0.717, 1.165) is 16.7 Å². The van der Waals surface area contributed by atoms with Gasteiger partial charge in [-0.3, -0.25) is 15.3 Å². The molecular formula is C22H20N6O3. The van der Waals surface area contributed by atoms with Crippen LogP contribution in [0.2, 0.25) is 0 Å². The molecule has 4 N–H and O–H groups in total. The average Bonchev–Trinajstić information content (AvgIpc) is 2.79. The van der Waals surface area contributed by atoms with Gasteiger partial charge in [0.15, 0.2) is 0 Å². The summed E-state index contributed by atoms with van der Waals surface area (Å²) in [5.41, 5.74) is 4.75. The number of rotatable bonds is 4. The summed E-state index contributed by atoms with van der Waals surface area (Å²) >= 11 is 0. The van der Waals surface area contributed by atoms with Gasteiger partial charge in [0.25, 0.3) is 0 Å². The van der Waals surface area contributed by atoms with Crippen LogP contribution in [0, 0.1) is 0 Å². The normalized spacial score (nSPS) is 12.2. The SMILES string of the molecule is CCNC(=O)NC1=NCc2cc(-c3cccnc3)cc(-c3cc(C(=O)O)ccn3)c2N1. The molecular weight excluding hydrogens is 396 g/mol. The van der Waals surface area contributed by atoms with Gasteiger partial charge in [0, 0.05) is 36.3 Å². The molecule has 0 radical (unpaired) electrons. The molecule has 9 nitrogen and oxygen atoms in total. The van der Waals surface area contributed by atoms with Gasteiger partial charge < -0.3 is 15.7 Å². The average molecular weight is 416 g/mol. The Morgan fingerprint density at radius 1 is 1.16 bits per heavy atom. The molecule has 0 bridgehead atoms. The summed E-state index contributed by atoms with van der Waals surface area (Å²) in [6, 6.07) is 10.3.